The van der Waals surface area contributed by atoms with Crippen LogP contribution in [-0.4, -0.2) is 24.8 Å². The molecule has 0 radical (unpaired) electrons. The van der Waals surface area contributed by atoms with Gasteiger partial charge in [0.15, 0.2) is 11.5 Å². The van der Waals surface area contributed by atoms with Gasteiger partial charge in [-0.2, -0.15) is 5.10 Å². The highest BCUT2D eigenvalue weighted by atomic mass is 16.6. The summed E-state index contributed by atoms with van der Waals surface area (Å²) in [6.07, 6.45) is 5.70. The fraction of sp³-hybridized carbons (Fsp3) is 0.125. The normalized spacial score (nSPS) is 17.0. The van der Waals surface area contributed by atoms with Crippen molar-refractivity contribution in [2.24, 2.45) is 5.10 Å². The smallest absolute Gasteiger partial charge is 0.284 e. The first-order valence-electron chi connectivity index (χ1n) is 6.74. The van der Waals surface area contributed by atoms with E-state index in [0.29, 0.717) is 17.3 Å². The van der Waals surface area contributed by atoms with Gasteiger partial charge in [-0.1, -0.05) is 12.1 Å². The summed E-state index contributed by atoms with van der Waals surface area (Å²) in [5, 5.41) is 3.81. The Balaban J connectivity index is 1.50. The molecule has 3 rings (SSSR count). The summed E-state index contributed by atoms with van der Waals surface area (Å²) >= 11 is 0. The summed E-state index contributed by atoms with van der Waals surface area (Å²) in [4.78, 5) is 11.9. The summed E-state index contributed by atoms with van der Waals surface area (Å²) in [7, 11) is 0. The van der Waals surface area contributed by atoms with E-state index in [2.05, 4.69) is 10.5 Å². The van der Waals surface area contributed by atoms with Crippen molar-refractivity contribution >= 4 is 18.2 Å². The number of benzene rings is 1. The Hall–Kier alpha value is -3.02. The van der Waals surface area contributed by atoms with Crippen LogP contribution in [-0.2, 0) is 4.79 Å². The molecule has 1 aromatic carbocycles. The summed E-state index contributed by atoms with van der Waals surface area (Å²) in [6.45, 7) is 0.153. The van der Waals surface area contributed by atoms with Gasteiger partial charge in [-0.3, -0.25) is 4.79 Å². The SMILES string of the molecule is O=C(N/N=C/C=C/c1ccco1)[C@@H]1COc2ccccc2O1. The minimum Gasteiger partial charge on any atom is -0.485 e. The first-order valence-corrected chi connectivity index (χ1v) is 6.74. The molecule has 0 spiro atoms. The molecule has 0 fully saturated rings. The van der Waals surface area contributed by atoms with Gasteiger partial charge in [-0.15, -0.1) is 0 Å². The van der Waals surface area contributed by atoms with Crippen LogP contribution < -0.4 is 14.9 Å². The Morgan fingerprint density at radius 2 is 2.09 bits per heavy atom. The van der Waals surface area contributed by atoms with Gasteiger partial charge in [0.25, 0.3) is 5.91 Å². The number of para-hydroxylation sites is 2. The highest BCUT2D eigenvalue weighted by Gasteiger charge is 2.26. The maximum absolute atomic E-state index is 11.9. The number of fused-ring (bicyclic) bond motifs is 1. The lowest BCUT2D eigenvalue weighted by Gasteiger charge is -2.24. The van der Waals surface area contributed by atoms with E-state index >= 15 is 0 Å². The number of hydrogen-bond donors (Lipinski definition) is 1. The topological polar surface area (TPSA) is 73.1 Å². The van der Waals surface area contributed by atoms with Crippen LogP contribution in [0.15, 0.2) is 58.3 Å². The zero-order chi connectivity index (χ0) is 15.2. The molecule has 6 heteroatoms. The summed E-state index contributed by atoms with van der Waals surface area (Å²) in [5.74, 6) is 1.53. The molecule has 0 aliphatic carbocycles. The number of carbonyl (C=O) groups is 1. The van der Waals surface area contributed by atoms with E-state index in [0.717, 1.165) is 0 Å². The summed E-state index contributed by atoms with van der Waals surface area (Å²) < 4.78 is 16.2. The van der Waals surface area contributed by atoms with E-state index in [4.69, 9.17) is 13.9 Å². The molecule has 1 aromatic heterocycles. The molecular weight excluding hydrogens is 284 g/mol. The van der Waals surface area contributed by atoms with Crippen molar-refractivity contribution in [3.05, 3.63) is 54.5 Å². The monoisotopic (exact) mass is 298 g/mol. The van der Waals surface area contributed by atoms with Crippen LogP contribution in [0.2, 0.25) is 0 Å². The molecule has 0 bridgehead atoms. The fourth-order valence-electron chi connectivity index (χ4n) is 1.89. The first-order chi connectivity index (χ1) is 10.8. The Morgan fingerprint density at radius 1 is 1.23 bits per heavy atom. The molecule has 0 unspecified atom stereocenters. The maximum Gasteiger partial charge on any atom is 0.284 e. The van der Waals surface area contributed by atoms with Crippen LogP contribution in [0.1, 0.15) is 5.76 Å². The molecule has 1 N–H and O–H groups in total. The van der Waals surface area contributed by atoms with Crippen LogP contribution in [0.4, 0.5) is 0 Å². The molecule has 0 saturated heterocycles. The Labute approximate surface area is 127 Å². The van der Waals surface area contributed by atoms with Gasteiger partial charge in [0.1, 0.15) is 12.4 Å². The van der Waals surface area contributed by atoms with Crippen LogP contribution in [0.25, 0.3) is 6.08 Å². The van der Waals surface area contributed by atoms with Crippen molar-refractivity contribution in [3.63, 3.8) is 0 Å². The molecule has 0 saturated carbocycles. The van der Waals surface area contributed by atoms with E-state index in [1.807, 2.05) is 18.2 Å². The predicted octanol–water partition coefficient (Wildman–Crippen LogP) is 2.23. The van der Waals surface area contributed by atoms with Crippen molar-refractivity contribution in [1.82, 2.24) is 5.43 Å². The maximum atomic E-state index is 11.9. The third kappa shape index (κ3) is 3.35. The van der Waals surface area contributed by atoms with Gasteiger partial charge in [0.2, 0.25) is 6.10 Å². The molecular formula is C16H14N2O4. The summed E-state index contributed by atoms with van der Waals surface area (Å²) in [5.41, 5.74) is 2.41. The van der Waals surface area contributed by atoms with Crippen LogP contribution >= 0.6 is 0 Å². The van der Waals surface area contributed by atoms with E-state index in [-0.39, 0.29) is 12.5 Å². The van der Waals surface area contributed by atoms with Crippen molar-refractivity contribution in [2.75, 3.05) is 6.61 Å². The fourth-order valence-corrected chi connectivity index (χ4v) is 1.89. The molecule has 2 heterocycles. The molecule has 1 aliphatic heterocycles. The second-order valence-electron chi connectivity index (χ2n) is 4.49. The van der Waals surface area contributed by atoms with Gasteiger partial charge >= 0.3 is 0 Å². The number of rotatable bonds is 4. The molecule has 112 valence electrons. The van der Waals surface area contributed by atoms with E-state index in [9.17, 15) is 4.79 Å². The number of furan rings is 1. The highest BCUT2D eigenvalue weighted by Crippen LogP contribution is 2.30. The van der Waals surface area contributed by atoms with Gasteiger partial charge < -0.3 is 13.9 Å². The summed E-state index contributed by atoms with van der Waals surface area (Å²) in [6, 6.07) is 10.8. The lowest BCUT2D eigenvalue weighted by Crippen LogP contribution is -2.42. The highest BCUT2D eigenvalue weighted by molar-refractivity contribution is 5.84. The molecule has 1 amide bonds. The van der Waals surface area contributed by atoms with Crippen molar-refractivity contribution in [1.29, 1.82) is 0 Å². The van der Waals surface area contributed by atoms with Crippen LogP contribution in [0.5, 0.6) is 11.5 Å². The Bertz CT molecular complexity index is 692. The van der Waals surface area contributed by atoms with Crippen LogP contribution in [0, 0.1) is 0 Å². The zero-order valence-electron chi connectivity index (χ0n) is 11.6. The molecule has 22 heavy (non-hydrogen) atoms. The van der Waals surface area contributed by atoms with Gasteiger partial charge in [0, 0.05) is 6.21 Å². The molecule has 1 atom stereocenters. The lowest BCUT2D eigenvalue weighted by molar-refractivity contribution is -0.130. The number of nitrogens with zero attached hydrogens (tertiary/aromatic N) is 1. The number of nitrogens with one attached hydrogen (secondary N) is 1. The Morgan fingerprint density at radius 3 is 2.91 bits per heavy atom. The van der Waals surface area contributed by atoms with Gasteiger partial charge in [-0.25, -0.2) is 5.43 Å². The quantitative estimate of drug-likeness (QED) is 0.694. The minimum atomic E-state index is -0.721. The van der Waals surface area contributed by atoms with Crippen LogP contribution in [0.3, 0.4) is 0 Å². The largest absolute Gasteiger partial charge is 0.485 e. The number of hydrazone groups is 1. The first kappa shape index (κ1) is 13.9. The third-order valence-electron chi connectivity index (χ3n) is 2.94. The molecule has 1 aliphatic rings. The third-order valence-corrected chi connectivity index (χ3v) is 2.94. The number of carbonyl (C=O) groups excluding carboxylic acids is 1. The van der Waals surface area contributed by atoms with Crippen molar-refractivity contribution in [3.8, 4) is 11.5 Å². The second-order valence-corrected chi connectivity index (χ2v) is 4.49. The number of hydrogen-bond acceptors (Lipinski definition) is 5. The van der Waals surface area contributed by atoms with Gasteiger partial charge in [0.05, 0.1) is 6.26 Å². The van der Waals surface area contributed by atoms with E-state index in [1.54, 1.807) is 36.6 Å². The molecule has 2 aromatic rings. The average molecular weight is 298 g/mol. The Kier molecular flexibility index (Phi) is 4.20. The zero-order valence-corrected chi connectivity index (χ0v) is 11.6. The van der Waals surface area contributed by atoms with Crippen molar-refractivity contribution < 1.29 is 18.7 Å². The van der Waals surface area contributed by atoms with E-state index in [1.165, 1.54) is 6.21 Å². The van der Waals surface area contributed by atoms with Gasteiger partial charge in [-0.05, 0) is 36.4 Å². The number of ether oxygens (including phenoxy) is 2. The lowest BCUT2D eigenvalue weighted by atomic mass is 10.2. The number of allylic oxidation sites excluding steroid dienone is 1. The second kappa shape index (κ2) is 6.62. The van der Waals surface area contributed by atoms with E-state index < -0.39 is 6.10 Å². The van der Waals surface area contributed by atoms with Crippen molar-refractivity contribution in [2.45, 2.75) is 6.10 Å². The minimum absolute atomic E-state index is 0.153. The number of amides is 1. The average Bonchev–Trinajstić information content (AvgIpc) is 3.07. The predicted molar refractivity (Wildman–Crippen MR) is 80.7 cm³/mol. The standard InChI is InChI=1S/C16H14N2O4/c19-16(18-17-9-3-5-12-6-4-10-20-12)15-11-21-13-7-1-2-8-14(13)22-15/h1-10,15H,11H2,(H,18,19)/b5-3+,17-9+/t15-/m0/s1. The molecule has 6 nitrogen and oxygen atoms in total.